The number of hydrogen-bond acceptors (Lipinski definition) is 3. The van der Waals surface area contributed by atoms with Crippen molar-refractivity contribution in [1.82, 2.24) is 15.1 Å². The molecule has 0 radical (unpaired) electrons. The summed E-state index contributed by atoms with van der Waals surface area (Å²) < 4.78 is 0. The molecular weight excluding hydrogens is 298 g/mol. The van der Waals surface area contributed by atoms with Crippen molar-refractivity contribution in [2.45, 2.75) is 32.9 Å². The lowest BCUT2D eigenvalue weighted by molar-refractivity contribution is -0.123. The molecule has 2 rings (SSSR count). The molecule has 1 N–H and O–H groups in total. The minimum atomic E-state index is 0.137. The molecule has 1 heterocycles. The lowest BCUT2D eigenvalue weighted by Gasteiger charge is -2.34. The highest BCUT2D eigenvalue weighted by Crippen LogP contribution is 2.13. The van der Waals surface area contributed by atoms with Crippen LogP contribution in [0.25, 0.3) is 0 Å². The Hall–Kier alpha value is -1.10. The van der Waals surface area contributed by atoms with E-state index in [-0.39, 0.29) is 11.9 Å². The van der Waals surface area contributed by atoms with Crippen LogP contribution in [0.15, 0.2) is 24.3 Å². The predicted octanol–water partition coefficient (Wildman–Crippen LogP) is 2.37. The molecule has 22 heavy (non-hydrogen) atoms. The summed E-state index contributed by atoms with van der Waals surface area (Å²) in [7, 11) is 0. The second-order valence-electron chi connectivity index (χ2n) is 6.06. The first kappa shape index (κ1) is 17.3. The van der Waals surface area contributed by atoms with E-state index in [2.05, 4.69) is 28.1 Å². The Balaban J connectivity index is 1.72. The highest BCUT2D eigenvalue weighted by atomic mass is 35.5. The molecule has 5 heteroatoms. The quantitative estimate of drug-likeness (QED) is 0.873. The number of nitrogens with zero attached hydrogens (tertiary/aromatic N) is 2. The Bertz CT molecular complexity index is 487. The summed E-state index contributed by atoms with van der Waals surface area (Å²) in [6.45, 7) is 9.42. The molecule has 0 saturated carbocycles. The number of rotatable bonds is 6. The SMILES string of the molecule is CC[C@@H](C)NC(=O)CN1CCN(Cc2cccc(Cl)c2)CC1. The zero-order chi connectivity index (χ0) is 15.9. The average Bonchev–Trinajstić information content (AvgIpc) is 2.49. The van der Waals surface area contributed by atoms with Crippen molar-refractivity contribution in [2.75, 3.05) is 32.7 Å². The van der Waals surface area contributed by atoms with Crippen LogP contribution in [0.5, 0.6) is 0 Å². The van der Waals surface area contributed by atoms with E-state index in [0.29, 0.717) is 6.54 Å². The number of nitrogens with one attached hydrogen (secondary N) is 1. The van der Waals surface area contributed by atoms with Crippen molar-refractivity contribution in [1.29, 1.82) is 0 Å². The first-order valence-corrected chi connectivity index (χ1v) is 8.43. The van der Waals surface area contributed by atoms with Crippen molar-refractivity contribution in [2.24, 2.45) is 0 Å². The first-order valence-electron chi connectivity index (χ1n) is 8.05. The molecule has 0 unspecified atom stereocenters. The van der Waals surface area contributed by atoms with Gasteiger partial charge in [0.15, 0.2) is 0 Å². The van der Waals surface area contributed by atoms with E-state index in [0.717, 1.165) is 44.2 Å². The van der Waals surface area contributed by atoms with E-state index in [1.807, 2.05) is 25.1 Å². The smallest absolute Gasteiger partial charge is 0.234 e. The van der Waals surface area contributed by atoms with E-state index in [1.165, 1.54) is 5.56 Å². The van der Waals surface area contributed by atoms with Gasteiger partial charge in [-0.25, -0.2) is 0 Å². The number of hydrogen-bond donors (Lipinski definition) is 1. The predicted molar refractivity (Wildman–Crippen MR) is 91.1 cm³/mol. The Labute approximate surface area is 138 Å². The minimum absolute atomic E-state index is 0.137. The Morgan fingerprint density at radius 1 is 1.27 bits per heavy atom. The standard InChI is InChI=1S/C17H26ClN3O/c1-3-14(2)19-17(22)13-21-9-7-20(8-10-21)12-15-5-4-6-16(18)11-15/h4-6,11,14H,3,7-10,12-13H2,1-2H3,(H,19,22)/t14-/m1/s1. The molecule has 0 aromatic heterocycles. The second-order valence-corrected chi connectivity index (χ2v) is 6.50. The molecule has 1 fully saturated rings. The van der Waals surface area contributed by atoms with Gasteiger partial charge >= 0.3 is 0 Å². The molecule has 1 aromatic carbocycles. The summed E-state index contributed by atoms with van der Waals surface area (Å²) in [5.74, 6) is 0.137. The van der Waals surface area contributed by atoms with Gasteiger partial charge in [0.1, 0.15) is 0 Å². The Kier molecular flexibility index (Phi) is 6.68. The first-order chi connectivity index (χ1) is 10.6. The van der Waals surface area contributed by atoms with Gasteiger partial charge in [-0.1, -0.05) is 30.7 Å². The highest BCUT2D eigenvalue weighted by molar-refractivity contribution is 6.30. The van der Waals surface area contributed by atoms with Crippen LogP contribution in [0, 0.1) is 0 Å². The van der Waals surface area contributed by atoms with Crippen LogP contribution >= 0.6 is 11.6 Å². The fourth-order valence-electron chi connectivity index (χ4n) is 2.62. The maximum atomic E-state index is 11.9. The average molecular weight is 324 g/mol. The molecule has 1 atom stereocenters. The largest absolute Gasteiger partial charge is 0.353 e. The van der Waals surface area contributed by atoms with Crippen LogP contribution in [-0.2, 0) is 11.3 Å². The number of carbonyl (C=O) groups is 1. The molecule has 1 aliphatic rings. The molecule has 1 amide bonds. The van der Waals surface area contributed by atoms with Gasteiger partial charge in [0.25, 0.3) is 0 Å². The molecule has 0 bridgehead atoms. The van der Waals surface area contributed by atoms with E-state index in [1.54, 1.807) is 0 Å². The fourth-order valence-corrected chi connectivity index (χ4v) is 2.84. The maximum Gasteiger partial charge on any atom is 0.234 e. The summed E-state index contributed by atoms with van der Waals surface area (Å²) in [4.78, 5) is 16.5. The number of benzene rings is 1. The molecule has 1 aliphatic heterocycles. The van der Waals surface area contributed by atoms with Crippen molar-refractivity contribution >= 4 is 17.5 Å². The lowest BCUT2D eigenvalue weighted by atomic mass is 10.2. The van der Waals surface area contributed by atoms with Gasteiger partial charge in [-0.05, 0) is 31.0 Å². The summed E-state index contributed by atoms with van der Waals surface area (Å²) in [6.07, 6.45) is 0.971. The summed E-state index contributed by atoms with van der Waals surface area (Å²) in [5.41, 5.74) is 1.25. The van der Waals surface area contributed by atoms with Gasteiger partial charge in [0.2, 0.25) is 5.91 Å². The maximum absolute atomic E-state index is 11.9. The molecule has 1 aromatic rings. The topological polar surface area (TPSA) is 35.6 Å². The zero-order valence-electron chi connectivity index (χ0n) is 13.5. The van der Waals surface area contributed by atoms with Crippen LogP contribution in [0.3, 0.4) is 0 Å². The van der Waals surface area contributed by atoms with E-state index in [9.17, 15) is 4.79 Å². The van der Waals surface area contributed by atoms with Crippen LogP contribution in [0.2, 0.25) is 5.02 Å². The second kappa shape index (κ2) is 8.51. The van der Waals surface area contributed by atoms with Crippen molar-refractivity contribution < 1.29 is 4.79 Å². The minimum Gasteiger partial charge on any atom is -0.353 e. The molecular formula is C17H26ClN3O. The molecule has 0 aliphatic carbocycles. The highest BCUT2D eigenvalue weighted by Gasteiger charge is 2.19. The van der Waals surface area contributed by atoms with Crippen molar-refractivity contribution in [3.05, 3.63) is 34.9 Å². The zero-order valence-corrected chi connectivity index (χ0v) is 14.3. The number of piperazine rings is 1. The third-order valence-electron chi connectivity index (χ3n) is 4.15. The fraction of sp³-hybridized carbons (Fsp3) is 0.588. The van der Waals surface area contributed by atoms with E-state index >= 15 is 0 Å². The van der Waals surface area contributed by atoms with Crippen LogP contribution in [-0.4, -0.2) is 54.5 Å². The molecule has 4 nitrogen and oxygen atoms in total. The Morgan fingerprint density at radius 2 is 1.95 bits per heavy atom. The van der Waals surface area contributed by atoms with Gasteiger partial charge in [0.05, 0.1) is 6.54 Å². The molecule has 0 spiro atoms. The normalized spacial score (nSPS) is 18.1. The van der Waals surface area contributed by atoms with Crippen molar-refractivity contribution in [3.63, 3.8) is 0 Å². The summed E-state index contributed by atoms with van der Waals surface area (Å²) in [5, 5.41) is 3.81. The van der Waals surface area contributed by atoms with Gasteiger partial charge in [-0.2, -0.15) is 0 Å². The van der Waals surface area contributed by atoms with Gasteiger partial charge < -0.3 is 5.32 Å². The summed E-state index contributed by atoms with van der Waals surface area (Å²) in [6, 6.07) is 8.29. The van der Waals surface area contributed by atoms with Gasteiger partial charge in [-0.15, -0.1) is 0 Å². The number of halogens is 1. The van der Waals surface area contributed by atoms with Gasteiger partial charge in [-0.3, -0.25) is 14.6 Å². The van der Waals surface area contributed by atoms with Crippen LogP contribution in [0.1, 0.15) is 25.8 Å². The Morgan fingerprint density at radius 3 is 2.59 bits per heavy atom. The van der Waals surface area contributed by atoms with Crippen LogP contribution < -0.4 is 5.32 Å². The monoisotopic (exact) mass is 323 g/mol. The van der Waals surface area contributed by atoms with E-state index < -0.39 is 0 Å². The molecule has 122 valence electrons. The van der Waals surface area contributed by atoms with Crippen LogP contribution in [0.4, 0.5) is 0 Å². The van der Waals surface area contributed by atoms with Gasteiger partial charge in [0, 0.05) is 43.8 Å². The summed E-state index contributed by atoms with van der Waals surface area (Å²) >= 11 is 6.03. The van der Waals surface area contributed by atoms with E-state index in [4.69, 9.17) is 11.6 Å². The molecule has 1 saturated heterocycles. The number of amides is 1. The van der Waals surface area contributed by atoms with Crippen molar-refractivity contribution in [3.8, 4) is 0 Å². The third-order valence-corrected chi connectivity index (χ3v) is 4.38. The third kappa shape index (κ3) is 5.59. The lowest BCUT2D eigenvalue weighted by Crippen LogP contribution is -2.49. The number of carbonyl (C=O) groups excluding carboxylic acids is 1.